The first-order valence-corrected chi connectivity index (χ1v) is 7.77. The number of hydrogen-bond donors (Lipinski definition) is 1. The van der Waals surface area contributed by atoms with Crippen LogP contribution in [0.1, 0.15) is 24.8 Å². The fourth-order valence-corrected chi connectivity index (χ4v) is 2.70. The van der Waals surface area contributed by atoms with Gasteiger partial charge in [-0.3, -0.25) is 0 Å². The predicted molar refractivity (Wildman–Crippen MR) is 86.7 cm³/mol. The van der Waals surface area contributed by atoms with E-state index in [1.165, 1.54) is 24.8 Å². The molecule has 2 aromatic rings. The van der Waals surface area contributed by atoms with Gasteiger partial charge in [-0.25, -0.2) is 4.98 Å². The molecule has 3 rings (SSSR count). The monoisotopic (exact) mass is 282 g/mol. The highest BCUT2D eigenvalue weighted by atomic mass is 15.2. The van der Waals surface area contributed by atoms with Gasteiger partial charge in [-0.05, 0) is 37.3 Å². The van der Waals surface area contributed by atoms with Crippen molar-refractivity contribution >= 4 is 11.8 Å². The molecule has 0 bridgehead atoms. The van der Waals surface area contributed by atoms with Gasteiger partial charge in [0.2, 0.25) is 5.95 Å². The summed E-state index contributed by atoms with van der Waals surface area (Å²) < 4.78 is 0. The van der Waals surface area contributed by atoms with Crippen LogP contribution in [-0.4, -0.2) is 29.6 Å². The zero-order chi connectivity index (χ0) is 14.3. The summed E-state index contributed by atoms with van der Waals surface area (Å²) in [5, 5.41) is 3.32. The number of hydrogen-bond acceptors (Lipinski definition) is 4. The smallest absolute Gasteiger partial charge is 0.224 e. The van der Waals surface area contributed by atoms with Crippen LogP contribution in [0.2, 0.25) is 0 Å². The predicted octanol–water partition coefficient (Wildman–Crippen LogP) is 3.12. The zero-order valence-corrected chi connectivity index (χ0v) is 12.3. The standard InChI is InChI=1S/C17H22N4/c1-3-7-15(8-4-1)9-11-18-17-19-12-10-16(20-17)21-13-5-2-6-14-21/h1,3-4,7-8,10,12H,2,5-6,9,11,13-14H2,(H,18,19,20). The highest BCUT2D eigenvalue weighted by molar-refractivity contribution is 5.42. The zero-order valence-electron chi connectivity index (χ0n) is 12.3. The Labute approximate surface area is 126 Å². The first-order valence-electron chi connectivity index (χ1n) is 7.77. The maximum absolute atomic E-state index is 4.63. The van der Waals surface area contributed by atoms with Gasteiger partial charge in [0.05, 0.1) is 0 Å². The van der Waals surface area contributed by atoms with Crippen LogP contribution in [-0.2, 0) is 6.42 Å². The molecule has 21 heavy (non-hydrogen) atoms. The van der Waals surface area contributed by atoms with Crippen LogP contribution < -0.4 is 10.2 Å². The highest BCUT2D eigenvalue weighted by Crippen LogP contribution is 2.17. The molecule has 1 saturated heterocycles. The summed E-state index contributed by atoms with van der Waals surface area (Å²) in [4.78, 5) is 11.3. The van der Waals surface area contributed by atoms with Crippen LogP contribution in [0.15, 0.2) is 42.6 Å². The van der Waals surface area contributed by atoms with Crippen molar-refractivity contribution in [2.24, 2.45) is 0 Å². The number of aromatic nitrogens is 2. The Kier molecular flexibility index (Phi) is 4.66. The minimum atomic E-state index is 0.731. The third-order valence-electron chi connectivity index (χ3n) is 3.86. The molecular weight excluding hydrogens is 260 g/mol. The van der Waals surface area contributed by atoms with Crippen molar-refractivity contribution in [1.82, 2.24) is 9.97 Å². The molecule has 0 radical (unpaired) electrons. The summed E-state index contributed by atoms with van der Waals surface area (Å²) in [6.07, 6.45) is 6.70. The Bertz CT molecular complexity index is 550. The van der Waals surface area contributed by atoms with Crippen LogP contribution in [0, 0.1) is 0 Å². The maximum Gasteiger partial charge on any atom is 0.224 e. The Morgan fingerprint density at radius 1 is 1.00 bits per heavy atom. The van der Waals surface area contributed by atoms with E-state index in [0.717, 1.165) is 37.8 Å². The molecule has 1 N–H and O–H groups in total. The number of piperidine rings is 1. The van der Waals surface area contributed by atoms with Crippen LogP contribution in [0.25, 0.3) is 0 Å². The van der Waals surface area contributed by atoms with Gasteiger partial charge in [0.1, 0.15) is 5.82 Å². The second-order valence-electron chi connectivity index (χ2n) is 5.45. The van der Waals surface area contributed by atoms with Crippen molar-refractivity contribution in [2.75, 3.05) is 29.9 Å². The van der Waals surface area contributed by atoms with Crippen molar-refractivity contribution in [3.63, 3.8) is 0 Å². The number of anilines is 2. The van der Waals surface area contributed by atoms with Gasteiger partial charge in [-0.15, -0.1) is 0 Å². The molecule has 1 aliphatic rings. The van der Waals surface area contributed by atoms with Crippen LogP contribution in [0.3, 0.4) is 0 Å². The fourth-order valence-electron chi connectivity index (χ4n) is 2.70. The normalized spacial score (nSPS) is 15.0. The highest BCUT2D eigenvalue weighted by Gasteiger charge is 2.12. The van der Waals surface area contributed by atoms with Gasteiger partial charge in [0.15, 0.2) is 0 Å². The van der Waals surface area contributed by atoms with Gasteiger partial charge < -0.3 is 10.2 Å². The van der Waals surface area contributed by atoms with E-state index < -0.39 is 0 Å². The Morgan fingerprint density at radius 2 is 1.81 bits per heavy atom. The molecule has 0 spiro atoms. The molecule has 110 valence electrons. The summed E-state index contributed by atoms with van der Waals surface area (Å²) in [7, 11) is 0. The van der Waals surface area contributed by atoms with Gasteiger partial charge >= 0.3 is 0 Å². The van der Waals surface area contributed by atoms with Gasteiger partial charge in [0.25, 0.3) is 0 Å². The minimum absolute atomic E-state index is 0.731. The average Bonchev–Trinajstić information content (AvgIpc) is 2.57. The minimum Gasteiger partial charge on any atom is -0.356 e. The van der Waals surface area contributed by atoms with E-state index in [2.05, 4.69) is 44.5 Å². The second kappa shape index (κ2) is 7.07. The van der Waals surface area contributed by atoms with Gasteiger partial charge in [-0.2, -0.15) is 4.98 Å². The van der Waals surface area contributed by atoms with E-state index in [1.54, 1.807) is 0 Å². The molecule has 0 atom stereocenters. The molecule has 1 aromatic carbocycles. The lowest BCUT2D eigenvalue weighted by Gasteiger charge is -2.27. The third kappa shape index (κ3) is 3.94. The molecular formula is C17H22N4. The lowest BCUT2D eigenvalue weighted by molar-refractivity contribution is 0.573. The molecule has 0 unspecified atom stereocenters. The Hall–Kier alpha value is -2.10. The Balaban J connectivity index is 1.55. The number of rotatable bonds is 5. The van der Waals surface area contributed by atoms with Gasteiger partial charge in [0, 0.05) is 25.8 Å². The van der Waals surface area contributed by atoms with Crippen LogP contribution in [0.5, 0.6) is 0 Å². The van der Waals surface area contributed by atoms with Crippen molar-refractivity contribution < 1.29 is 0 Å². The molecule has 0 amide bonds. The summed E-state index contributed by atoms with van der Waals surface area (Å²) >= 11 is 0. The summed E-state index contributed by atoms with van der Waals surface area (Å²) in [5.41, 5.74) is 1.33. The maximum atomic E-state index is 4.63. The van der Waals surface area contributed by atoms with E-state index in [1.807, 2.05) is 18.3 Å². The third-order valence-corrected chi connectivity index (χ3v) is 3.86. The molecule has 4 nitrogen and oxygen atoms in total. The molecule has 1 aromatic heterocycles. The second-order valence-corrected chi connectivity index (χ2v) is 5.45. The van der Waals surface area contributed by atoms with E-state index in [4.69, 9.17) is 0 Å². The van der Waals surface area contributed by atoms with Gasteiger partial charge in [-0.1, -0.05) is 30.3 Å². The molecule has 0 saturated carbocycles. The summed E-state index contributed by atoms with van der Waals surface area (Å²) in [6, 6.07) is 12.5. The first kappa shape index (κ1) is 13.9. The van der Waals surface area contributed by atoms with Crippen LogP contribution >= 0.6 is 0 Å². The van der Waals surface area contributed by atoms with Crippen molar-refractivity contribution in [3.05, 3.63) is 48.2 Å². The molecule has 4 heteroatoms. The molecule has 0 aliphatic carbocycles. The lowest BCUT2D eigenvalue weighted by Crippen LogP contribution is -2.30. The Morgan fingerprint density at radius 3 is 2.62 bits per heavy atom. The van der Waals surface area contributed by atoms with E-state index in [9.17, 15) is 0 Å². The topological polar surface area (TPSA) is 41.1 Å². The van der Waals surface area contributed by atoms with Crippen molar-refractivity contribution in [2.45, 2.75) is 25.7 Å². The number of nitrogens with one attached hydrogen (secondary N) is 1. The lowest BCUT2D eigenvalue weighted by atomic mass is 10.1. The van der Waals surface area contributed by atoms with E-state index >= 15 is 0 Å². The fraction of sp³-hybridized carbons (Fsp3) is 0.412. The van der Waals surface area contributed by atoms with E-state index in [0.29, 0.717) is 0 Å². The number of nitrogens with zero attached hydrogens (tertiary/aromatic N) is 3. The average molecular weight is 282 g/mol. The van der Waals surface area contributed by atoms with E-state index in [-0.39, 0.29) is 0 Å². The SMILES string of the molecule is c1ccc(CCNc2nccc(N3CCCCC3)n2)cc1. The number of benzene rings is 1. The quantitative estimate of drug-likeness (QED) is 0.915. The summed E-state index contributed by atoms with van der Waals surface area (Å²) in [5.74, 6) is 1.78. The summed E-state index contributed by atoms with van der Waals surface area (Å²) in [6.45, 7) is 3.08. The van der Waals surface area contributed by atoms with Crippen molar-refractivity contribution in [3.8, 4) is 0 Å². The molecule has 1 fully saturated rings. The van der Waals surface area contributed by atoms with Crippen molar-refractivity contribution in [1.29, 1.82) is 0 Å². The molecule has 1 aliphatic heterocycles. The first-order chi connectivity index (χ1) is 10.4. The molecule has 2 heterocycles. The largest absolute Gasteiger partial charge is 0.356 e. The van der Waals surface area contributed by atoms with Crippen LogP contribution in [0.4, 0.5) is 11.8 Å².